The van der Waals surface area contributed by atoms with Crippen LogP contribution in [0, 0.1) is 0 Å². The van der Waals surface area contributed by atoms with E-state index in [0.717, 1.165) is 72.3 Å². The van der Waals surface area contributed by atoms with E-state index in [4.69, 9.17) is 20.9 Å². The minimum absolute atomic E-state index is 0.540. The van der Waals surface area contributed by atoms with Crippen molar-refractivity contribution >= 4 is 11.4 Å². The topological polar surface area (TPSA) is 111 Å². The van der Waals surface area contributed by atoms with Crippen LogP contribution in [0.1, 0.15) is 104 Å². The summed E-state index contributed by atoms with van der Waals surface area (Å²) < 4.78 is 12.9. The Morgan fingerprint density at radius 2 is 0.952 bits per heavy atom. The van der Waals surface area contributed by atoms with E-state index in [0.29, 0.717) is 35.7 Å². The van der Waals surface area contributed by atoms with Crippen LogP contribution in [0.25, 0.3) is 22.3 Å². The second-order valence-electron chi connectivity index (χ2n) is 12.4. The first-order chi connectivity index (χ1) is 19.9. The van der Waals surface area contributed by atoms with E-state index in [1.807, 2.05) is 48.5 Å². The third kappa shape index (κ3) is 8.89. The molecule has 0 bridgehead atoms. The number of ether oxygens (including phenoxy) is 2. The molecule has 42 heavy (non-hydrogen) atoms. The normalized spacial score (nSPS) is 12.0. The van der Waals surface area contributed by atoms with Gasteiger partial charge >= 0.3 is 0 Å². The molecule has 0 aromatic heterocycles. The van der Waals surface area contributed by atoms with Crippen LogP contribution in [0.4, 0.5) is 11.4 Å². The largest absolute Gasteiger partial charge is 0.493 e. The van der Waals surface area contributed by atoms with Gasteiger partial charge in [-0.25, -0.2) is 0 Å². The Kier molecular flexibility index (Phi) is 11.7. The van der Waals surface area contributed by atoms with Gasteiger partial charge in [-0.05, 0) is 88.1 Å². The lowest BCUT2D eigenvalue weighted by atomic mass is 9.90. The van der Waals surface area contributed by atoms with E-state index >= 15 is 0 Å². The van der Waals surface area contributed by atoms with Gasteiger partial charge in [-0.2, -0.15) is 0 Å². The summed E-state index contributed by atoms with van der Waals surface area (Å²) in [6.07, 6.45) is 8.79. The summed E-state index contributed by atoms with van der Waals surface area (Å²) in [4.78, 5) is 0. The van der Waals surface area contributed by atoms with E-state index in [1.54, 1.807) is 27.7 Å². The third-order valence-corrected chi connectivity index (χ3v) is 7.64. The maximum atomic E-state index is 10.8. The Bertz CT molecular complexity index is 1200. The highest BCUT2D eigenvalue weighted by molar-refractivity contribution is 5.83. The van der Waals surface area contributed by atoms with Crippen molar-refractivity contribution in [2.24, 2.45) is 0 Å². The fourth-order valence-corrected chi connectivity index (χ4v) is 5.18. The summed E-state index contributed by atoms with van der Waals surface area (Å²) in [6.45, 7) is 12.5. The Morgan fingerprint density at radius 1 is 0.571 bits per heavy atom. The van der Waals surface area contributed by atoms with Crippen molar-refractivity contribution in [1.29, 1.82) is 0 Å². The van der Waals surface area contributed by atoms with Crippen LogP contribution in [0.2, 0.25) is 0 Å². The van der Waals surface area contributed by atoms with Crippen molar-refractivity contribution in [3.8, 4) is 33.8 Å². The number of nitrogens with two attached hydrogens (primary N) is 2. The van der Waals surface area contributed by atoms with E-state index in [9.17, 15) is 10.2 Å². The SMILES string of the molecule is CCCCCCOc1cc(-c2ccc(N)c(C(C)(C)O)c2)c(OCCCCCC)cc1-c1ccc(N)c(C(C)(C)O)c1. The zero-order valence-corrected chi connectivity index (χ0v) is 26.6. The Balaban J connectivity index is 2.19. The quantitative estimate of drug-likeness (QED) is 0.100. The van der Waals surface area contributed by atoms with Crippen LogP contribution in [0.5, 0.6) is 11.5 Å². The fraction of sp³-hybridized carbons (Fsp3) is 0.500. The lowest BCUT2D eigenvalue weighted by molar-refractivity contribution is 0.0788. The van der Waals surface area contributed by atoms with Gasteiger partial charge in [0.05, 0.1) is 24.4 Å². The number of hydrogen-bond acceptors (Lipinski definition) is 6. The van der Waals surface area contributed by atoms with Crippen molar-refractivity contribution < 1.29 is 19.7 Å². The van der Waals surface area contributed by atoms with E-state index < -0.39 is 11.2 Å². The molecule has 3 aromatic carbocycles. The third-order valence-electron chi connectivity index (χ3n) is 7.64. The molecule has 6 heteroatoms. The highest BCUT2D eigenvalue weighted by atomic mass is 16.5. The highest BCUT2D eigenvalue weighted by Crippen LogP contribution is 2.44. The number of anilines is 2. The lowest BCUT2D eigenvalue weighted by Gasteiger charge is -2.23. The van der Waals surface area contributed by atoms with Gasteiger partial charge in [-0.3, -0.25) is 0 Å². The van der Waals surface area contributed by atoms with Gasteiger partial charge in [0.15, 0.2) is 0 Å². The molecule has 0 aliphatic heterocycles. The molecular weight excluding hydrogens is 524 g/mol. The molecule has 6 N–H and O–H groups in total. The molecule has 0 aliphatic rings. The van der Waals surface area contributed by atoms with E-state index in [1.165, 1.54) is 12.8 Å². The zero-order chi connectivity index (χ0) is 30.9. The average Bonchev–Trinajstić information content (AvgIpc) is 2.92. The van der Waals surface area contributed by atoms with Gasteiger partial charge in [0, 0.05) is 33.6 Å². The molecule has 0 atom stereocenters. The van der Waals surface area contributed by atoms with Gasteiger partial charge in [-0.15, -0.1) is 0 Å². The van der Waals surface area contributed by atoms with E-state index in [2.05, 4.69) is 13.8 Å². The molecule has 0 heterocycles. The van der Waals surface area contributed by atoms with Gasteiger partial charge in [-0.1, -0.05) is 64.5 Å². The Hall–Kier alpha value is -3.22. The van der Waals surface area contributed by atoms with Crippen molar-refractivity contribution in [3.05, 3.63) is 59.7 Å². The van der Waals surface area contributed by atoms with Crippen LogP contribution in [0.3, 0.4) is 0 Å². The van der Waals surface area contributed by atoms with Crippen molar-refractivity contribution in [2.45, 2.75) is 104 Å². The Morgan fingerprint density at radius 3 is 1.29 bits per heavy atom. The molecule has 0 aliphatic carbocycles. The molecule has 0 saturated heterocycles. The zero-order valence-electron chi connectivity index (χ0n) is 26.6. The predicted molar refractivity (Wildman–Crippen MR) is 176 cm³/mol. The van der Waals surface area contributed by atoms with Gasteiger partial charge in [0.25, 0.3) is 0 Å². The second kappa shape index (κ2) is 14.8. The van der Waals surface area contributed by atoms with Crippen LogP contribution in [-0.4, -0.2) is 23.4 Å². The van der Waals surface area contributed by atoms with E-state index in [-0.39, 0.29) is 0 Å². The molecule has 0 fully saturated rings. The minimum atomic E-state index is -1.10. The first-order valence-electron chi connectivity index (χ1n) is 15.6. The summed E-state index contributed by atoms with van der Waals surface area (Å²) in [7, 11) is 0. The molecule has 230 valence electrons. The van der Waals surface area contributed by atoms with Crippen molar-refractivity contribution in [2.75, 3.05) is 24.7 Å². The summed E-state index contributed by atoms with van der Waals surface area (Å²) in [6, 6.07) is 15.6. The monoisotopic (exact) mass is 576 g/mol. The smallest absolute Gasteiger partial charge is 0.128 e. The number of rotatable bonds is 16. The number of nitrogen functional groups attached to an aromatic ring is 2. The molecule has 3 aromatic rings. The molecule has 0 spiro atoms. The summed E-state index contributed by atoms with van der Waals surface area (Å²) >= 11 is 0. The lowest BCUT2D eigenvalue weighted by Crippen LogP contribution is -2.18. The van der Waals surface area contributed by atoms with Crippen LogP contribution in [0.15, 0.2) is 48.5 Å². The summed E-state index contributed by atoms with van der Waals surface area (Å²) in [5, 5.41) is 21.6. The molecule has 6 nitrogen and oxygen atoms in total. The number of hydrogen-bond donors (Lipinski definition) is 4. The van der Waals surface area contributed by atoms with Crippen molar-refractivity contribution in [1.82, 2.24) is 0 Å². The average molecular weight is 577 g/mol. The predicted octanol–water partition coefficient (Wildman–Crippen LogP) is 8.56. The Labute approximate surface area is 253 Å². The maximum Gasteiger partial charge on any atom is 0.128 e. The number of aliphatic hydroxyl groups is 2. The minimum Gasteiger partial charge on any atom is -0.493 e. The van der Waals surface area contributed by atoms with Gasteiger partial charge < -0.3 is 31.2 Å². The van der Waals surface area contributed by atoms with Crippen LogP contribution >= 0.6 is 0 Å². The first kappa shape index (κ1) is 33.3. The van der Waals surface area contributed by atoms with Gasteiger partial charge in [0.2, 0.25) is 0 Å². The number of benzene rings is 3. The molecular formula is C36H52N2O4. The van der Waals surface area contributed by atoms with Crippen molar-refractivity contribution in [3.63, 3.8) is 0 Å². The highest BCUT2D eigenvalue weighted by Gasteiger charge is 2.24. The molecule has 0 unspecified atom stereocenters. The first-order valence-corrected chi connectivity index (χ1v) is 15.6. The standard InChI is InChI=1S/C36H52N2O4/c1-7-9-11-13-19-41-33-23-28(26-16-18-32(38)30(22-26)36(5,6)40)34(42-20-14-12-10-8-2)24-27(33)25-15-17-31(37)29(21-25)35(3,4)39/h15-18,21-24,39-40H,7-14,19-20,37-38H2,1-6H3. The molecule has 0 amide bonds. The second-order valence-corrected chi connectivity index (χ2v) is 12.4. The molecule has 0 radical (unpaired) electrons. The number of unbranched alkanes of at least 4 members (excludes halogenated alkanes) is 6. The summed E-state index contributed by atoms with van der Waals surface area (Å²) in [5.41, 5.74) is 16.3. The molecule has 3 rings (SSSR count). The van der Waals surface area contributed by atoms with Crippen LogP contribution < -0.4 is 20.9 Å². The summed E-state index contributed by atoms with van der Waals surface area (Å²) in [5.74, 6) is 1.46. The van der Waals surface area contributed by atoms with Crippen LogP contribution in [-0.2, 0) is 11.2 Å². The maximum absolute atomic E-state index is 10.8. The fourth-order valence-electron chi connectivity index (χ4n) is 5.18. The van der Waals surface area contributed by atoms with Gasteiger partial charge in [0.1, 0.15) is 11.5 Å². The molecule has 0 saturated carbocycles.